The standard InChI is InChI=1S/C27H30N6O3/c1-17-6-9-23(26(34)31-17)32-16-19-12-20(7-8-21(19)27(32)35)36-24-5-3-2-4-22(24)28-13-18-14-29-25-10-11-30-33(25)15-18/h7-8,10-12,14-15,22-24,28H,1-6,9,13,16H2,(H,31,34)/t22-,23?,24-/m1/s1. The first-order chi connectivity index (χ1) is 17.5. The van der Waals surface area contributed by atoms with Gasteiger partial charge in [0.1, 0.15) is 17.9 Å². The predicted octanol–water partition coefficient (Wildman–Crippen LogP) is 2.96. The summed E-state index contributed by atoms with van der Waals surface area (Å²) in [4.78, 5) is 31.6. The molecule has 36 heavy (non-hydrogen) atoms. The van der Waals surface area contributed by atoms with Gasteiger partial charge in [0, 0.05) is 54.4 Å². The number of benzene rings is 1. The molecule has 9 heteroatoms. The first kappa shape index (κ1) is 22.7. The van der Waals surface area contributed by atoms with Crippen LogP contribution in [0.1, 0.15) is 60.0 Å². The van der Waals surface area contributed by atoms with Crippen LogP contribution >= 0.6 is 0 Å². The Kier molecular flexibility index (Phi) is 5.92. The third-order valence-corrected chi connectivity index (χ3v) is 7.47. The lowest BCUT2D eigenvalue weighted by molar-refractivity contribution is -0.126. The number of hydrogen-bond donors (Lipinski definition) is 2. The van der Waals surface area contributed by atoms with Crippen LogP contribution in [0.4, 0.5) is 0 Å². The highest BCUT2D eigenvalue weighted by molar-refractivity contribution is 6.01. The van der Waals surface area contributed by atoms with Crippen molar-refractivity contribution in [2.75, 3.05) is 0 Å². The second-order valence-electron chi connectivity index (χ2n) is 9.92. The first-order valence-corrected chi connectivity index (χ1v) is 12.7. The quantitative estimate of drug-likeness (QED) is 0.556. The molecule has 6 rings (SSSR count). The number of allylic oxidation sites excluding steroid dienone is 1. The van der Waals surface area contributed by atoms with E-state index in [1.807, 2.05) is 36.7 Å². The molecular formula is C27H30N6O3. The van der Waals surface area contributed by atoms with Crippen LogP contribution in [0, 0.1) is 0 Å². The number of ether oxygens (including phenoxy) is 1. The highest BCUT2D eigenvalue weighted by Crippen LogP contribution is 2.32. The number of nitrogens with one attached hydrogen (secondary N) is 2. The van der Waals surface area contributed by atoms with Gasteiger partial charge in [-0.2, -0.15) is 5.10 Å². The van der Waals surface area contributed by atoms with Crippen LogP contribution in [0.15, 0.2) is 55.1 Å². The van der Waals surface area contributed by atoms with Crippen molar-refractivity contribution in [1.82, 2.24) is 30.1 Å². The molecule has 0 spiro atoms. The van der Waals surface area contributed by atoms with Crippen LogP contribution in [0.2, 0.25) is 0 Å². The molecule has 0 radical (unpaired) electrons. The molecule has 9 nitrogen and oxygen atoms in total. The largest absolute Gasteiger partial charge is 0.489 e. The Morgan fingerprint density at radius 2 is 2.06 bits per heavy atom. The average molecular weight is 487 g/mol. The number of piperidine rings is 1. The Balaban J connectivity index is 1.12. The van der Waals surface area contributed by atoms with E-state index in [2.05, 4.69) is 27.3 Å². The first-order valence-electron chi connectivity index (χ1n) is 12.7. The Labute approximate surface area is 209 Å². The average Bonchev–Trinajstić information content (AvgIpc) is 3.47. The molecule has 3 atom stereocenters. The van der Waals surface area contributed by atoms with Gasteiger partial charge < -0.3 is 20.3 Å². The second kappa shape index (κ2) is 9.39. The third kappa shape index (κ3) is 4.35. The summed E-state index contributed by atoms with van der Waals surface area (Å²) in [5.41, 5.74) is 4.18. The van der Waals surface area contributed by atoms with Gasteiger partial charge in [0.25, 0.3) is 5.91 Å². The molecule has 1 unspecified atom stereocenters. The molecule has 0 bridgehead atoms. The molecule has 1 saturated carbocycles. The fourth-order valence-corrected chi connectivity index (χ4v) is 5.54. The summed E-state index contributed by atoms with van der Waals surface area (Å²) < 4.78 is 8.26. The van der Waals surface area contributed by atoms with Crippen LogP contribution in [-0.2, 0) is 17.9 Å². The third-order valence-electron chi connectivity index (χ3n) is 7.47. The number of carbonyl (C=O) groups excluding carboxylic acids is 2. The lowest BCUT2D eigenvalue weighted by Crippen LogP contribution is -2.49. The van der Waals surface area contributed by atoms with Crippen molar-refractivity contribution in [2.45, 2.75) is 69.8 Å². The molecule has 2 amide bonds. The molecule has 4 heterocycles. The SMILES string of the molecule is C=C1CCC(N2Cc3cc(O[C@@H]4CCCC[C@H]4NCc4cnc5ccnn5c4)ccc3C2=O)C(=O)N1. The minimum absolute atomic E-state index is 0.0431. The van der Waals surface area contributed by atoms with Crippen LogP contribution in [-0.4, -0.2) is 49.5 Å². The molecular weight excluding hydrogens is 456 g/mol. The Bertz CT molecular complexity index is 1330. The van der Waals surface area contributed by atoms with Crippen molar-refractivity contribution < 1.29 is 14.3 Å². The predicted molar refractivity (Wildman–Crippen MR) is 133 cm³/mol. The number of rotatable bonds is 6. The van der Waals surface area contributed by atoms with E-state index >= 15 is 0 Å². The van der Waals surface area contributed by atoms with Crippen molar-refractivity contribution in [3.63, 3.8) is 0 Å². The van der Waals surface area contributed by atoms with E-state index in [9.17, 15) is 9.59 Å². The van der Waals surface area contributed by atoms with Crippen LogP contribution < -0.4 is 15.4 Å². The maximum atomic E-state index is 13.0. The van der Waals surface area contributed by atoms with Crippen LogP contribution in [0.3, 0.4) is 0 Å². The van der Waals surface area contributed by atoms with Gasteiger partial charge in [-0.05, 0) is 55.9 Å². The number of carbonyl (C=O) groups is 2. The fraction of sp³-hybridized carbons (Fsp3) is 0.407. The molecule has 1 saturated heterocycles. The van der Waals surface area contributed by atoms with E-state index in [1.165, 1.54) is 0 Å². The Morgan fingerprint density at radius 1 is 1.17 bits per heavy atom. The van der Waals surface area contributed by atoms with E-state index in [0.29, 0.717) is 37.2 Å². The normalized spacial score (nSPS) is 24.2. The zero-order valence-electron chi connectivity index (χ0n) is 20.2. The van der Waals surface area contributed by atoms with Gasteiger partial charge in [0.05, 0.1) is 6.20 Å². The van der Waals surface area contributed by atoms with Gasteiger partial charge in [-0.1, -0.05) is 13.0 Å². The van der Waals surface area contributed by atoms with Gasteiger partial charge >= 0.3 is 0 Å². The maximum absolute atomic E-state index is 13.0. The van der Waals surface area contributed by atoms with Crippen LogP contribution in [0.5, 0.6) is 5.75 Å². The lowest BCUT2D eigenvalue weighted by Gasteiger charge is -2.32. The van der Waals surface area contributed by atoms with E-state index in [0.717, 1.165) is 48.2 Å². The van der Waals surface area contributed by atoms with E-state index in [4.69, 9.17) is 4.74 Å². The Morgan fingerprint density at radius 3 is 2.94 bits per heavy atom. The molecule has 3 aromatic rings. The fourth-order valence-electron chi connectivity index (χ4n) is 5.54. The number of nitrogens with zero attached hydrogens (tertiary/aromatic N) is 4. The molecule has 2 aromatic heterocycles. The highest BCUT2D eigenvalue weighted by atomic mass is 16.5. The monoisotopic (exact) mass is 486 g/mol. The minimum Gasteiger partial charge on any atom is -0.489 e. The summed E-state index contributed by atoms with van der Waals surface area (Å²) >= 11 is 0. The molecule has 186 valence electrons. The van der Waals surface area contributed by atoms with Crippen LogP contribution in [0.25, 0.3) is 5.65 Å². The molecule has 2 N–H and O–H groups in total. The lowest BCUT2D eigenvalue weighted by atomic mass is 9.92. The van der Waals surface area contributed by atoms with Crippen molar-refractivity contribution in [3.05, 3.63) is 71.8 Å². The molecule has 2 fully saturated rings. The Hall–Kier alpha value is -3.72. The highest BCUT2D eigenvalue weighted by Gasteiger charge is 2.38. The second-order valence-corrected chi connectivity index (χ2v) is 9.92. The zero-order chi connectivity index (χ0) is 24.6. The number of hydrogen-bond acceptors (Lipinski definition) is 6. The van der Waals surface area contributed by atoms with E-state index in [-0.39, 0.29) is 24.0 Å². The van der Waals surface area contributed by atoms with Gasteiger partial charge in [-0.15, -0.1) is 0 Å². The minimum atomic E-state index is -0.456. The molecule has 3 aliphatic rings. The summed E-state index contributed by atoms with van der Waals surface area (Å²) in [7, 11) is 0. The summed E-state index contributed by atoms with van der Waals surface area (Å²) in [6.45, 7) is 4.95. The number of fused-ring (bicyclic) bond motifs is 2. The summed E-state index contributed by atoms with van der Waals surface area (Å²) in [6, 6.07) is 7.33. The van der Waals surface area contributed by atoms with Crippen molar-refractivity contribution in [2.24, 2.45) is 0 Å². The molecule has 2 aliphatic heterocycles. The van der Waals surface area contributed by atoms with Gasteiger partial charge in [0.2, 0.25) is 5.91 Å². The maximum Gasteiger partial charge on any atom is 0.255 e. The summed E-state index contributed by atoms with van der Waals surface area (Å²) in [5.74, 6) is 0.522. The van der Waals surface area contributed by atoms with Gasteiger partial charge in [-0.25, -0.2) is 9.50 Å². The topological polar surface area (TPSA) is 101 Å². The zero-order valence-corrected chi connectivity index (χ0v) is 20.2. The van der Waals surface area contributed by atoms with Crippen molar-refractivity contribution in [1.29, 1.82) is 0 Å². The smallest absolute Gasteiger partial charge is 0.255 e. The van der Waals surface area contributed by atoms with Gasteiger partial charge in [-0.3, -0.25) is 9.59 Å². The molecule has 1 aromatic carbocycles. The molecule has 1 aliphatic carbocycles. The number of aromatic nitrogens is 3. The number of amides is 2. The summed E-state index contributed by atoms with van der Waals surface area (Å²) in [6.07, 6.45) is 11.3. The van der Waals surface area contributed by atoms with E-state index < -0.39 is 6.04 Å². The van der Waals surface area contributed by atoms with Crippen molar-refractivity contribution >= 4 is 17.5 Å². The van der Waals surface area contributed by atoms with Gasteiger partial charge in [0.15, 0.2) is 5.65 Å². The van der Waals surface area contributed by atoms with Crippen molar-refractivity contribution in [3.8, 4) is 5.75 Å². The van der Waals surface area contributed by atoms with E-state index in [1.54, 1.807) is 15.6 Å². The summed E-state index contributed by atoms with van der Waals surface area (Å²) in [5, 5.41) is 10.7.